The predicted octanol–water partition coefficient (Wildman–Crippen LogP) is 4.25. The zero-order valence-electron chi connectivity index (χ0n) is 12.9. The molecule has 0 radical (unpaired) electrons. The number of nitrogens with zero attached hydrogens (tertiary/aromatic N) is 4. The average Bonchev–Trinajstić information content (AvgIpc) is 3.24. The zero-order chi connectivity index (χ0) is 15.6. The molecule has 0 spiro atoms. The Balaban J connectivity index is 1.58. The third-order valence-electron chi connectivity index (χ3n) is 3.87. The predicted molar refractivity (Wildman–Crippen MR) is 97.6 cm³/mol. The van der Waals surface area contributed by atoms with Crippen molar-refractivity contribution in [3.05, 3.63) is 58.2 Å². The van der Waals surface area contributed by atoms with Crippen molar-refractivity contribution in [1.29, 1.82) is 0 Å². The lowest BCUT2D eigenvalue weighted by molar-refractivity contribution is 0.610. The Labute approximate surface area is 144 Å². The van der Waals surface area contributed by atoms with E-state index < -0.39 is 0 Å². The molecule has 1 aromatic heterocycles. The van der Waals surface area contributed by atoms with E-state index in [0.717, 1.165) is 23.8 Å². The maximum Gasteiger partial charge on any atom is 0.216 e. The van der Waals surface area contributed by atoms with Gasteiger partial charge in [0.25, 0.3) is 0 Å². The molecule has 0 fully saturated rings. The largest absolute Gasteiger partial charge is 0.253 e. The third kappa shape index (κ3) is 2.81. The van der Waals surface area contributed by atoms with E-state index in [-0.39, 0.29) is 5.37 Å². The van der Waals surface area contributed by atoms with Gasteiger partial charge in [0.1, 0.15) is 10.4 Å². The van der Waals surface area contributed by atoms with Crippen LogP contribution in [0.3, 0.4) is 0 Å². The van der Waals surface area contributed by atoms with Gasteiger partial charge in [0.2, 0.25) is 5.16 Å². The minimum absolute atomic E-state index is 0.260. The molecule has 6 heteroatoms. The molecule has 2 aliphatic rings. The minimum Gasteiger partial charge on any atom is -0.253 e. The highest BCUT2D eigenvalue weighted by atomic mass is 32.2. The van der Waals surface area contributed by atoms with E-state index in [2.05, 4.69) is 68.6 Å². The van der Waals surface area contributed by atoms with Crippen LogP contribution in [0.1, 0.15) is 31.2 Å². The van der Waals surface area contributed by atoms with Crippen LogP contribution in [0.4, 0.5) is 0 Å². The summed E-state index contributed by atoms with van der Waals surface area (Å²) in [6, 6.07) is 10.4. The number of fused-ring (bicyclic) bond motifs is 3. The van der Waals surface area contributed by atoms with Crippen LogP contribution < -0.4 is 5.01 Å². The quantitative estimate of drug-likeness (QED) is 0.811. The van der Waals surface area contributed by atoms with E-state index in [9.17, 15) is 0 Å². The second-order valence-corrected chi connectivity index (χ2v) is 7.49. The number of hydrogen-bond acceptors (Lipinski definition) is 5. The molecular weight excluding hydrogens is 324 g/mol. The van der Waals surface area contributed by atoms with Gasteiger partial charge in [-0.05, 0) is 29.8 Å². The standard InChI is InChI=1S/C17H18N4S2/c1-2-3-9-14-18-19-17-20(14)21-15(22-12-16(21)23-17)11-10-13-7-5-4-6-8-13/h4-8,10-12,15H,2-3,9H2,1H3/b11-10+. The number of hydrogen-bond donors (Lipinski definition) is 0. The summed E-state index contributed by atoms with van der Waals surface area (Å²) in [5.74, 6) is 1.07. The monoisotopic (exact) mass is 342 g/mol. The summed E-state index contributed by atoms with van der Waals surface area (Å²) >= 11 is 3.54. The third-order valence-corrected chi connectivity index (χ3v) is 5.97. The van der Waals surface area contributed by atoms with E-state index in [1.54, 1.807) is 11.8 Å². The summed E-state index contributed by atoms with van der Waals surface area (Å²) in [4.78, 5) is 0. The Morgan fingerprint density at radius 2 is 2.09 bits per heavy atom. The molecule has 23 heavy (non-hydrogen) atoms. The Hall–Kier alpha value is -1.66. The van der Waals surface area contributed by atoms with Gasteiger partial charge in [-0.2, -0.15) is 0 Å². The maximum atomic E-state index is 4.38. The molecule has 1 atom stereocenters. The second kappa shape index (κ2) is 6.45. The Kier molecular flexibility index (Phi) is 4.18. The molecule has 0 amide bonds. The summed E-state index contributed by atoms with van der Waals surface area (Å²) in [7, 11) is 0. The van der Waals surface area contributed by atoms with Crippen LogP contribution in [0, 0.1) is 0 Å². The Morgan fingerprint density at radius 3 is 2.91 bits per heavy atom. The molecule has 1 unspecified atom stereocenters. The minimum atomic E-state index is 0.260. The molecule has 118 valence electrons. The lowest BCUT2D eigenvalue weighted by Gasteiger charge is -2.23. The van der Waals surface area contributed by atoms with Crippen molar-refractivity contribution >= 4 is 29.6 Å². The molecule has 0 saturated heterocycles. The highest BCUT2D eigenvalue weighted by molar-refractivity contribution is 8.07. The van der Waals surface area contributed by atoms with E-state index in [0.29, 0.717) is 0 Å². The molecule has 2 aliphatic heterocycles. The van der Waals surface area contributed by atoms with Crippen molar-refractivity contribution in [2.45, 2.75) is 36.7 Å². The smallest absolute Gasteiger partial charge is 0.216 e. The normalized spacial score (nSPS) is 19.3. The van der Waals surface area contributed by atoms with E-state index in [1.807, 2.05) is 17.8 Å². The molecule has 4 nitrogen and oxygen atoms in total. The van der Waals surface area contributed by atoms with Gasteiger partial charge in [-0.15, -0.1) is 10.2 Å². The SMILES string of the molecule is CCCCc1nnc2n1N1C(=CSC1/C=C/c1ccccc1)S2. The average molecular weight is 342 g/mol. The van der Waals surface area contributed by atoms with E-state index in [1.165, 1.54) is 17.0 Å². The summed E-state index contributed by atoms with van der Waals surface area (Å²) < 4.78 is 2.20. The van der Waals surface area contributed by atoms with Crippen molar-refractivity contribution in [2.24, 2.45) is 0 Å². The van der Waals surface area contributed by atoms with Gasteiger partial charge in [0.05, 0.1) is 0 Å². The van der Waals surface area contributed by atoms with Crippen LogP contribution in [0.2, 0.25) is 0 Å². The van der Waals surface area contributed by atoms with Gasteiger partial charge in [-0.1, -0.05) is 61.5 Å². The fourth-order valence-corrected chi connectivity index (χ4v) is 4.81. The van der Waals surface area contributed by atoms with Gasteiger partial charge in [0.15, 0.2) is 5.82 Å². The molecule has 1 aromatic carbocycles. The number of aryl methyl sites for hydroxylation is 1. The van der Waals surface area contributed by atoms with Gasteiger partial charge < -0.3 is 0 Å². The number of aromatic nitrogens is 3. The van der Waals surface area contributed by atoms with Crippen LogP contribution in [0.15, 0.2) is 52.0 Å². The van der Waals surface area contributed by atoms with Crippen molar-refractivity contribution in [3.63, 3.8) is 0 Å². The first-order valence-electron chi connectivity index (χ1n) is 7.87. The van der Waals surface area contributed by atoms with Crippen LogP contribution in [-0.4, -0.2) is 20.2 Å². The summed E-state index contributed by atoms with van der Waals surface area (Å²) in [6.45, 7) is 2.21. The number of thioether (sulfide) groups is 2. The van der Waals surface area contributed by atoms with Crippen molar-refractivity contribution in [3.8, 4) is 0 Å². The second-order valence-electron chi connectivity index (χ2n) is 5.51. The number of benzene rings is 1. The van der Waals surface area contributed by atoms with Gasteiger partial charge in [-0.3, -0.25) is 5.01 Å². The lowest BCUT2D eigenvalue weighted by Crippen LogP contribution is -2.34. The van der Waals surface area contributed by atoms with Gasteiger partial charge in [0, 0.05) is 11.8 Å². The maximum absolute atomic E-state index is 4.38. The zero-order valence-corrected chi connectivity index (χ0v) is 14.6. The highest BCUT2D eigenvalue weighted by Crippen LogP contribution is 2.45. The van der Waals surface area contributed by atoms with Crippen LogP contribution in [-0.2, 0) is 6.42 Å². The number of rotatable bonds is 5. The molecule has 3 heterocycles. The molecule has 4 rings (SSSR count). The molecular formula is C17H18N4S2. The highest BCUT2D eigenvalue weighted by Gasteiger charge is 2.37. The summed E-state index contributed by atoms with van der Waals surface area (Å²) in [5, 5.41) is 15.8. The van der Waals surface area contributed by atoms with Gasteiger partial charge in [-0.25, -0.2) is 4.68 Å². The summed E-state index contributed by atoms with van der Waals surface area (Å²) in [6.07, 6.45) is 7.74. The molecule has 0 saturated carbocycles. The first-order chi connectivity index (χ1) is 11.4. The van der Waals surface area contributed by atoms with Crippen LogP contribution in [0.5, 0.6) is 0 Å². The molecule has 2 aromatic rings. The van der Waals surface area contributed by atoms with Crippen LogP contribution in [0.25, 0.3) is 6.08 Å². The first kappa shape index (κ1) is 14.9. The number of unbranched alkanes of at least 4 members (excludes halogenated alkanes) is 1. The molecule has 0 bridgehead atoms. The van der Waals surface area contributed by atoms with Gasteiger partial charge >= 0.3 is 0 Å². The Bertz CT molecular complexity index is 751. The van der Waals surface area contributed by atoms with Crippen molar-refractivity contribution in [2.75, 3.05) is 5.01 Å². The van der Waals surface area contributed by atoms with Crippen LogP contribution >= 0.6 is 23.5 Å². The fourth-order valence-electron chi connectivity index (χ4n) is 2.69. The van der Waals surface area contributed by atoms with Crippen molar-refractivity contribution in [1.82, 2.24) is 14.9 Å². The van der Waals surface area contributed by atoms with Crippen molar-refractivity contribution < 1.29 is 0 Å². The lowest BCUT2D eigenvalue weighted by atomic mass is 10.2. The fraction of sp³-hybridized carbons (Fsp3) is 0.294. The van der Waals surface area contributed by atoms with E-state index in [4.69, 9.17) is 0 Å². The summed E-state index contributed by atoms with van der Waals surface area (Å²) in [5.41, 5.74) is 1.23. The first-order valence-corrected chi connectivity index (χ1v) is 9.63. The Morgan fingerprint density at radius 1 is 1.22 bits per heavy atom. The molecule has 0 aliphatic carbocycles. The van der Waals surface area contributed by atoms with E-state index >= 15 is 0 Å². The molecule has 0 N–H and O–H groups in total. The topological polar surface area (TPSA) is 34.0 Å².